The summed E-state index contributed by atoms with van der Waals surface area (Å²) in [6.45, 7) is 0. The number of nitriles is 1. The van der Waals surface area contributed by atoms with E-state index in [9.17, 15) is 9.18 Å². The van der Waals surface area contributed by atoms with Gasteiger partial charge in [0.2, 0.25) is 0 Å². The topological polar surface area (TPSA) is 59.3 Å². The van der Waals surface area contributed by atoms with E-state index < -0.39 is 17.9 Å². The standard InChI is InChI=1S/C13H12FNO3/c1-17-13(16)12(8-2-3-8)18-10-5-4-9(7-15)11(14)6-10/h4-6,8,12H,2-3H2,1H3. The number of nitrogens with zero attached hydrogens (tertiary/aromatic N) is 1. The van der Waals surface area contributed by atoms with Crippen LogP contribution in [0.3, 0.4) is 0 Å². The van der Waals surface area contributed by atoms with E-state index in [-0.39, 0.29) is 17.2 Å². The summed E-state index contributed by atoms with van der Waals surface area (Å²) in [6, 6.07) is 5.63. The Kier molecular flexibility index (Phi) is 3.47. The molecule has 0 heterocycles. The van der Waals surface area contributed by atoms with Gasteiger partial charge in [-0.25, -0.2) is 9.18 Å². The van der Waals surface area contributed by atoms with Gasteiger partial charge in [-0.15, -0.1) is 0 Å². The van der Waals surface area contributed by atoms with Crippen molar-refractivity contribution in [1.29, 1.82) is 5.26 Å². The fraction of sp³-hybridized carbons (Fsp3) is 0.385. The number of hydrogen-bond acceptors (Lipinski definition) is 4. The van der Waals surface area contributed by atoms with Crippen molar-refractivity contribution in [2.75, 3.05) is 7.11 Å². The Morgan fingerprint density at radius 1 is 1.56 bits per heavy atom. The van der Waals surface area contributed by atoms with Crippen molar-refractivity contribution in [3.8, 4) is 11.8 Å². The summed E-state index contributed by atoms with van der Waals surface area (Å²) in [5.74, 6) is -0.748. The molecule has 18 heavy (non-hydrogen) atoms. The Morgan fingerprint density at radius 2 is 2.28 bits per heavy atom. The predicted octanol–water partition coefficient (Wildman–Crippen LogP) is 2.03. The molecule has 5 heteroatoms. The number of hydrogen-bond donors (Lipinski definition) is 0. The van der Waals surface area contributed by atoms with Crippen molar-refractivity contribution < 1.29 is 18.7 Å². The van der Waals surface area contributed by atoms with E-state index in [4.69, 9.17) is 10.00 Å². The Labute approximate surface area is 104 Å². The van der Waals surface area contributed by atoms with Crippen LogP contribution >= 0.6 is 0 Å². The van der Waals surface area contributed by atoms with Gasteiger partial charge in [0.25, 0.3) is 0 Å². The highest BCUT2D eigenvalue weighted by molar-refractivity contribution is 5.75. The first-order chi connectivity index (χ1) is 8.65. The number of benzene rings is 1. The molecular weight excluding hydrogens is 237 g/mol. The lowest BCUT2D eigenvalue weighted by molar-refractivity contribution is -0.149. The van der Waals surface area contributed by atoms with Crippen molar-refractivity contribution >= 4 is 5.97 Å². The molecule has 0 aliphatic heterocycles. The Bertz CT molecular complexity index is 505. The van der Waals surface area contributed by atoms with Crippen molar-refractivity contribution in [3.63, 3.8) is 0 Å². The minimum Gasteiger partial charge on any atom is -0.478 e. The molecule has 1 aliphatic carbocycles. The van der Waals surface area contributed by atoms with Crippen LogP contribution in [0.5, 0.6) is 5.75 Å². The molecule has 0 N–H and O–H groups in total. The quantitative estimate of drug-likeness (QED) is 0.766. The van der Waals surface area contributed by atoms with Gasteiger partial charge in [0.05, 0.1) is 12.7 Å². The maximum absolute atomic E-state index is 13.4. The molecular formula is C13H12FNO3. The lowest BCUT2D eigenvalue weighted by atomic mass is 10.2. The Hall–Kier alpha value is -2.09. The molecule has 1 fully saturated rings. The smallest absolute Gasteiger partial charge is 0.347 e. The van der Waals surface area contributed by atoms with E-state index in [1.807, 2.05) is 0 Å². The SMILES string of the molecule is COC(=O)C(Oc1ccc(C#N)c(F)c1)C1CC1. The molecule has 0 bridgehead atoms. The van der Waals surface area contributed by atoms with E-state index in [2.05, 4.69) is 4.74 Å². The minimum atomic E-state index is -0.692. The van der Waals surface area contributed by atoms with E-state index in [0.717, 1.165) is 18.9 Å². The first kappa shape index (κ1) is 12.4. The van der Waals surface area contributed by atoms with E-state index in [1.54, 1.807) is 6.07 Å². The number of methoxy groups -OCH3 is 1. The maximum Gasteiger partial charge on any atom is 0.347 e. The van der Waals surface area contributed by atoms with Crippen LogP contribution in [0.25, 0.3) is 0 Å². The van der Waals surface area contributed by atoms with Crippen LogP contribution in [0.15, 0.2) is 18.2 Å². The van der Waals surface area contributed by atoms with E-state index in [0.29, 0.717) is 0 Å². The van der Waals surface area contributed by atoms with Crippen LogP contribution in [0.1, 0.15) is 18.4 Å². The normalized spacial score (nSPS) is 15.6. The number of carbonyl (C=O) groups excluding carboxylic acids is 1. The summed E-state index contributed by atoms with van der Waals surface area (Å²) in [5.41, 5.74) is -0.0524. The highest BCUT2D eigenvalue weighted by Gasteiger charge is 2.39. The van der Waals surface area contributed by atoms with E-state index >= 15 is 0 Å². The van der Waals surface area contributed by atoms with Crippen LogP contribution < -0.4 is 4.74 Å². The molecule has 1 unspecified atom stereocenters. The third-order valence-electron chi connectivity index (χ3n) is 2.81. The third-order valence-corrected chi connectivity index (χ3v) is 2.81. The van der Waals surface area contributed by atoms with Gasteiger partial charge < -0.3 is 9.47 Å². The summed E-state index contributed by atoms with van der Waals surface area (Å²) in [4.78, 5) is 11.5. The Morgan fingerprint density at radius 3 is 2.78 bits per heavy atom. The molecule has 1 atom stereocenters. The molecule has 1 aliphatic rings. The van der Waals surface area contributed by atoms with Crippen LogP contribution in [0, 0.1) is 23.1 Å². The highest BCUT2D eigenvalue weighted by Crippen LogP contribution is 2.35. The molecule has 0 amide bonds. The molecule has 94 valence electrons. The van der Waals surface area contributed by atoms with Crippen molar-refractivity contribution in [1.82, 2.24) is 0 Å². The molecule has 0 saturated heterocycles. The monoisotopic (exact) mass is 249 g/mol. The lowest BCUT2D eigenvalue weighted by Crippen LogP contribution is -2.30. The molecule has 1 saturated carbocycles. The van der Waals surface area contributed by atoms with Crippen molar-refractivity contribution in [2.24, 2.45) is 5.92 Å². The average Bonchev–Trinajstić information content (AvgIpc) is 3.19. The van der Waals surface area contributed by atoms with Gasteiger partial charge in [-0.1, -0.05) is 0 Å². The zero-order valence-electron chi connectivity index (χ0n) is 9.85. The second kappa shape index (κ2) is 5.05. The van der Waals surface area contributed by atoms with Gasteiger partial charge in [-0.05, 0) is 25.0 Å². The van der Waals surface area contributed by atoms with Crippen LogP contribution in [-0.4, -0.2) is 19.2 Å². The number of ether oxygens (including phenoxy) is 2. The van der Waals surface area contributed by atoms with Gasteiger partial charge in [-0.3, -0.25) is 0 Å². The van der Waals surface area contributed by atoms with Crippen LogP contribution in [-0.2, 0) is 9.53 Å². The van der Waals surface area contributed by atoms with Gasteiger partial charge in [0.1, 0.15) is 17.6 Å². The molecule has 2 rings (SSSR count). The summed E-state index contributed by atoms with van der Waals surface area (Å²) in [7, 11) is 1.29. The van der Waals surface area contributed by atoms with Gasteiger partial charge in [0, 0.05) is 12.0 Å². The number of halogens is 1. The summed E-state index contributed by atoms with van der Waals surface area (Å²) >= 11 is 0. The molecule has 0 aromatic heterocycles. The lowest BCUT2D eigenvalue weighted by Gasteiger charge is -2.16. The summed E-state index contributed by atoms with van der Waals surface area (Å²) < 4.78 is 23.5. The second-order valence-corrected chi connectivity index (χ2v) is 4.15. The first-order valence-electron chi connectivity index (χ1n) is 5.60. The highest BCUT2D eigenvalue weighted by atomic mass is 19.1. The van der Waals surface area contributed by atoms with Gasteiger partial charge in [-0.2, -0.15) is 5.26 Å². The first-order valence-corrected chi connectivity index (χ1v) is 5.60. The van der Waals surface area contributed by atoms with E-state index in [1.165, 1.54) is 19.2 Å². The number of esters is 1. The second-order valence-electron chi connectivity index (χ2n) is 4.15. The molecule has 1 aromatic rings. The third kappa shape index (κ3) is 2.59. The number of rotatable bonds is 4. The zero-order valence-corrected chi connectivity index (χ0v) is 9.85. The zero-order chi connectivity index (χ0) is 13.1. The molecule has 4 nitrogen and oxygen atoms in total. The van der Waals surface area contributed by atoms with Gasteiger partial charge in [0.15, 0.2) is 6.10 Å². The summed E-state index contributed by atoms with van der Waals surface area (Å²) in [5, 5.41) is 8.61. The average molecular weight is 249 g/mol. The number of carbonyl (C=O) groups is 1. The summed E-state index contributed by atoms with van der Waals surface area (Å²) in [6.07, 6.45) is 1.11. The molecule has 0 radical (unpaired) electrons. The maximum atomic E-state index is 13.4. The van der Waals surface area contributed by atoms with Crippen molar-refractivity contribution in [2.45, 2.75) is 18.9 Å². The van der Waals surface area contributed by atoms with Crippen LogP contribution in [0.2, 0.25) is 0 Å². The largest absolute Gasteiger partial charge is 0.478 e. The Balaban J connectivity index is 2.14. The fourth-order valence-corrected chi connectivity index (χ4v) is 1.66. The molecule has 1 aromatic carbocycles. The van der Waals surface area contributed by atoms with Gasteiger partial charge >= 0.3 is 5.97 Å². The minimum absolute atomic E-state index is 0.0524. The fourth-order valence-electron chi connectivity index (χ4n) is 1.66. The predicted molar refractivity (Wildman–Crippen MR) is 60.3 cm³/mol. The molecule has 0 spiro atoms. The van der Waals surface area contributed by atoms with Crippen molar-refractivity contribution in [3.05, 3.63) is 29.6 Å². The van der Waals surface area contributed by atoms with Crippen LogP contribution in [0.4, 0.5) is 4.39 Å².